The molecule has 0 radical (unpaired) electrons. The van der Waals surface area contributed by atoms with Gasteiger partial charge in [-0.3, -0.25) is 4.79 Å². The molecule has 0 bridgehead atoms. The zero-order chi connectivity index (χ0) is 24.2. The van der Waals surface area contributed by atoms with Gasteiger partial charge in [-0.1, -0.05) is 84.4 Å². The summed E-state index contributed by atoms with van der Waals surface area (Å²) >= 11 is 13.6. The number of thiocarbonyl (C=S) groups is 1. The highest BCUT2D eigenvalue weighted by molar-refractivity contribution is 7.80. The smallest absolute Gasteiger partial charge is 0.238 e. The maximum atomic E-state index is 13.3. The topological polar surface area (TPSA) is 54.0 Å². The molecule has 0 aliphatic heterocycles. The Hall–Kier alpha value is -3.58. The van der Waals surface area contributed by atoms with Crippen molar-refractivity contribution in [3.05, 3.63) is 119 Å². The van der Waals surface area contributed by atoms with Crippen LogP contribution in [0.5, 0.6) is 0 Å². The number of amides is 1. The molecule has 0 spiro atoms. The van der Waals surface area contributed by atoms with Gasteiger partial charge in [0.05, 0.1) is 21.2 Å². The van der Waals surface area contributed by atoms with Crippen LogP contribution in [0, 0.1) is 0 Å². The van der Waals surface area contributed by atoms with Crippen LogP contribution in [0.2, 0.25) is 5.02 Å². The van der Waals surface area contributed by atoms with E-state index in [1.807, 2.05) is 97.1 Å². The van der Waals surface area contributed by atoms with E-state index in [0.717, 1.165) is 31.9 Å². The third kappa shape index (κ3) is 5.25. The Balaban J connectivity index is 1.36. The van der Waals surface area contributed by atoms with Crippen LogP contribution in [-0.4, -0.2) is 16.0 Å². The average Bonchev–Trinajstić information content (AvgIpc) is 3.31. The van der Waals surface area contributed by atoms with Crippen LogP contribution < -0.4 is 10.6 Å². The SMILES string of the molecule is O=C(NC(=S)Nc1ccc(Cl)c(-c2nc3ccccc3s2)c1)C(c1ccccc1)c1ccccc1. The predicted molar refractivity (Wildman–Crippen MR) is 149 cm³/mol. The van der Waals surface area contributed by atoms with Crippen LogP contribution in [0.3, 0.4) is 0 Å². The number of halogens is 1. The fraction of sp³-hybridized carbons (Fsp3) is 0.0357. The molecule has 0 saturated carbocycles. The molecule has 172 valence electrons. The lowest BCUT2D eigenvalue weighted by Crippen LogP contribution is -2.37. The molecule has 0 fully saturated rings. The molecular formula is C28H20ClN3OS2. The number of benzene rings is 4. The van der Waals surface area contributed by atoms with Gasteiger partial charge in [0.15, 0.2) is 5.11 Å². The largest absolute Gasteiger partial charge is 0.332 e. The first-order valence-electron chi connectivity index (χ1n) is 11.0. The summed E-state index contributed by atoms with van der Waals surface area (Å²) in [6, 6.07) is 32.8. The van der Waals surface area contributed by atoms with Gasteiger partial charge in [-0.15, -0.1) is 11.3 Å². The van der Waals surface area contributed by atoms with Gasteiger partial charge in [0, 0.05) is 11.3 Å². The van der Waals surface area contributed by atoms with Crippen LogP contribution in [0.1, 0.15) is 17.0 Å². The first kappa shape index (κ1) is 23.2. The number of hydrogen-bond donors (Lipinski definition) is 2. The Labute approximate surface area is 217 Å². The van der Waals surface area contributed by atoms with E-state index in [2.05, 4.69) is 10.6 Å². The van der Waals surface area contributed by atoms with Crippen LogP contribution >= 0.6 is 35.2 Å². The highest BCUT2D eigenvalue weighted by Gasteiger charge is 2.23. The third-order valence-electron chi connectivity index (χ3n) is 5.51. The molecule has 0 unspecified atom stereocenters. The molecule has 0 atom stereocenters. The van der Waals surface area contributed by atoms with Crippen molar-refractivity contribution in [3.8, 4) is 10.6 Å². The van der Waals surface area contributed by atoms with Gasteiger partial charge >= 0.3 is 0 Å². The number of hydrogen-bond acceptors (Lipinski definition) is 4. The number of nitrogens with zero attached hydrogens (tertiary/aromatic N) is 1. The van der Waals surface area contributed by atoms with Gasteiger partial charge in [0.2, 0.25) is 5.91 Å². The number of carbonyl (C=O) groups excluding carboxylic acids is 1. The zero-order valence-corrected chi connectivity index (χ0v) is 20.8. The van der Waals surface area contributed by atoms with Crippen molar-refractivity contribution >= 4 is 62.1 Å². The summed E-state index contributed by atoms with van der Waals surface area (Å²) in [6.45, 7) is 0. The van der Waals surface area contributed by atoms with Gasteiger partial charge in [0.1, 0.15) is 5.01 Å². The van der Waals surface area contributed by atoms with Crippen molar-refractivity contribution in [1.82, 2.24) is 10.3 Å². The summed E-state index contributed by atoms with van der Waals surface area (Å²) < 4.78 is 1.09. The summed E-state index contributed by atoms with van der Waals surface area (Å²) in [5.41, 5.74) is 4.23. The minimum Gasteiger partial charge on any atom is -0.332 e. The predicted octanol–water partition coefficient (Wildman–Crippen LogP) is 7.26. The van der Waals surface area contributed by atoms with E-state index in [9.17, 15) is 4.79 Å². The van der Waals surface area contributed by atoms with Crippen molar-refractivity contribution in [2.45, 2.75) is 5.92 Å². The van der Waals surface area contributed by atoms with E-state index in [4.69, 9.17) is 28.8 Å². The quantitative estimate of drug-likeness (QED) is 0.243. The maximum absolute atomic E-state index is 13.3. The standard InChI is InChI=1S/C28H20ClN3OS2/c29-22-16-15-20(17-21(22)27-31-23-13-7-8-14-24(23)35-27)30-28(34)32-26(33)25(18-9-3-1-4-10-18)19-11-5-2-6-12-19/h1-17,25H,(H2,30,32,33,34). The fourth-order valence-electron chi connectivity index (χ4n) is 3.89. The lowest BCUT2D eigenvalue weighted by atomic mass is 9.90. The van der Waals surface area contributed by atoms with E-state index in [1.165, 1.54) is 0 Å². The molecule has 1 amide bonds. The van der Waals surface area contributed by atoms with Gasteiger partial charge < -0.3 is 10.6 Å². The fourth-order valence-corrected chi connectivity index (χ4v) is 5.36. The van der Waals surface area contributed by atoms with Gasteiger partial charge in [-0.05, 0) is 53.7 Å². The third-order valence-corrected chi connectivity index (χ3v) is 7.12. The van der Waals surface area contributed by atoms with Crippen molar-refractivity contribution in [2.75, 3.05) is 5.32 Å². The number of rotatable bonds is 5. The molecule has 4 aromatic carbocycles. The Morgan fingerprint density at radius 2 is 1.49 bits per heavy atom. The molecule has 1 aromatic heterocycles. The van der Waals surface area contributed by atoms with E-state index in [0.29, 0.717) is 10.7 Å². The summed E-state index contributed by atoms with van der Waals surface area (Å²) in [4.78, 5) is 18.0. The van der Waals surface area contributed by atoms with E-state index >= 15 is 0 Å². The van der Waals surface area contributed by atoms with E-state index in [-0.39, 0.29) is 11.0 Å². The maximum Gasteiger partial charge on any atom is 0.238 e. The molecule has 5 rings (SSSR count). The summed E-state index contributed by atoms with van der Waals surface area (Å²) in [5, 5.41) is 7.61. The molecular weight excluding hydrogens is 494 g/mol. The first-order chi connectivity index (χ1) is 17.1. The first-order valence-corrected chi connectivity index (χ1v) is 12.6. The van der Waals surface area contributed by atoms with Crippen LogP contribution in [-0.2, 0) is 4.79 Å². The van der Waals surface area contributed by atoms with Crippen LogP contribution in [0.25, 0.3) is 20.8 Å². The van der Waals surface area contributed by atoms with Crippen molar-refractivity contribution in [3.63, 3.8) is 0 Å². The molecule has 7 heteroatoms. The number of nitrogens with one attached hydrogen (secondary N) is 2. The Bertz CT molecular complexity index is 1430. The second-order valence-electron chi connectivity index (χ2n) is 7.88. The summed E-state index contributed by atoms with van der Waals surface area (Å²) in [5.74, 6) is -0.694. The summed E-state index contributed by atoms with van der Waals surface area (Å²) in [6.07, 6.45) is 0. The number of aromatic nitrogens is 1. The molecule has 0 aliphatic rings. The number of para-hydroxylation sites is 1. The molecule has 0 saturated heterocycles. The van der Waals surface area contributed by atoms with Gasteiger partial charge in [-0.25, -0.2) is 4.98 Å². The molecule has 4 nitrogen and oxygen atoms in total. The minimum atomic E-state index is -0.485. The number of fused-ring (bicyclic) bond motifs is 1. The molecule has 35 heavy (non-hydrogen) atoms. The van der Waals surface area contributed by atoms with E-state index in [1.54, 1.807) is 17.4 Å². The minimum absolute atomic E-state index is 0.208. The second-order valence-corrected chi connectivity index (χ2v) is 9.73. The zero-order valence-electron chi connectivity index (χ0n) is 18.4. The highest BCUT2D eigenvalue weighted by Crippen LogP contribution is 2.36. The van der Waals surface area contributed by atoms with Crippen molar-refractivity contribution < 1.29 is 4.79 Å². The monoisotopic (exact) mass is 513 g/mol. The molecule has 1 heterocycles. The molecule has 5 aromatic rings. The summed E-state index contributed by atoms with van der Waals surface area (Å²) in [7, 11) is 0. The Kier molecular flexibility index (Phi) is 6.86. The lowest BCUT2D eigenvalue weighted by molar-refractivity contribution is -0.120. The Morgan fingerprint density at radius 1 is 0.857 bits per heavy atom. The van der Waals surface area contributed by atoms with Crippen molar-refractivity contribution in [1.29, 1.82) is 0 Å². The average molecular weight is 514 g/mol. The molecule has 0 aliphatic carbocycles. The van der Waals surface area contributed by atoms with Crippen molar-refractivity contribution in [2.24, 2.45) is 0 Å². The van der Waals surface area contributed by atoms with Gasteiger partial charge in [-0.2, -0.15) is 0 Å². The lowest BCUT2D eigenvalue weighted by Gasteiger charge is -2.19. The van der Waals surface area contributed by atoms with Crippen LogP contribution in [0.15, 0.2) is 103 Å². The normalized spacial score (nSPS) is 10.9. The highest BCUT2D eigenvalue weighted by atomic mass is 35.5. The van der Waals surface area contributed by atoms with Crippen LogP contribution in [0.4, 0.5) is 5.69 Å². The number of thiazole rings is 1. The van der Waals surface area contributed by atoms with E-state index < -0.39 is 5.92 Å². The van der Waals surface area contributed by atoms with Gasteiger partial charge in [0.25, 0.3) is 0 Å². The molecule has 2 N–H and O–H groups in total. The number of anilines is 1. The second kappa shape index (κ2) is 10.4. The Morgan fingerprint density at radius 3 is 2.14 bits per heavy atom. The number of carbonyl (C=O) groups is 1.